The van der Waals surface area contributed by atoms with Crippen molar-refractivity contribution in [2.75, 3.05) is 40.3 Å². The second-order valence-corrected chi connectivity index (χ2v) is 3.80. The fraction of sp³-hybridized carbons (Fsp3) is 1.00. The number of hydrogen-bond donors (Lipinski definition) is 2. The highest BCUT2D eigenvalue weighted by Gasteiger charge is 2.12. The van der Waals surface area contributed by atoms with Crippen LogP contribution >= 0.6 is 0 Å². The molecule has 0 aromatic heterocycles. The molecule has 3 heteroatoms. The molecule has 0 bridgehead atoms. The Labute approximate surface area is 75.5 Å². The molecule has 0 aromatic rings. The maximum absolute atomic E-state index is 3.55. The number of nitrogens with zero attached hydrogens (tertiary/aromatic N) is 1. The summed E-state index contributed by atoms with van der Waals surface area (Å²) in [6, 6.07) is 0.729. The van der Waals surface area contributed by atoms with E-state index in [1.807, 2.05) is 0 Å². The summed E-state index contributed by atoms with van der Waals surface area (Å²) in [5.41, 5.74) is 0. The highest BCUT2D eigenvalue weighted by molar-refractivity contribution is 4.76. The van der Waals surface area contributed by atoms with Gasteiger partial charge in [0.25, 0.3) is 0 Å². The summed E-state index contributed by atoms with van der Waals surface area (Å²) < 4.78 is 0. The van der Waals surface area contributed by atoms with Crippen molar-refractivity contribution in [3.05, 3.63) is 0 Å². The summed E-state index contributed by atoms with van der Waals surface area (Å²) in [5.74, 6) is 0. The van der Waals surface area contributed by atoms with Crippen molar-refractivity contribution >= 4 is 0 Å². The highest BCUT2D eigenvalue weighted by atomic mass is 15.1. The third-order valence-electron chi connectivity index (χ3n) is 2.28. The molecule has 1 rings (SSSR count). The van der Waals surface area contributed by atoms with E-state index in [0.717, 1.165) is 19.1 Å². The Morgan fingerprint density at radius 2 is 2.33 bits per heavy atom. The van der Waals surface area contributed by atoms with Gasteiger partial charge in [-0.1, -0.05) is 0 Å². The molecule has 0 amide bonds. The molecule has 1 aliphatic heterocycles. The van der Waals surface area contributed by atoms with Crippen LogP contribution in [-0.4, -0.2) is 51.2 Å². The van der Waals surface area contributed by atoms with Crippen LogP contribution in [0.3, 0.4) is 0 Å². The second kappa shape index (κ2) is 5.51. The van der Waals surface area contributed by atoms with E-state index in [-0.39, 0.29) is 0 Å². The monoisotopic (exact) mass is 171 g/mol. The first-order valence-corrected chi connectivity index (χ1v) is 4.88. The van der Waals surface area contributed by atoms with Crippen molar-refractivity contribution < 1.29 is 0 Å². The van der Waals surface area contributed by atoms with Crippen molar-refractivity contribution in [2.24, 2.45) is 0 Å². The summed E-state index contributed by atoms with van der Waals surface area (Å²) in [5, 5.41) is 6.90. The lowest BCUT2D eigenvalue weighted by atomic mass is 10.2. The van der Waals surface area contributed by atoms with Gasteiger partial charge in [0.2, 0.25) is 0 Å². The summed E-state index contributed by atoms with van der Waals surface area (Å²) in [6.45, 7) is 4.69. The van der Waals surface area contributed by atoms with Gasteiger partial charge in [0.1, 0.15) is 0 Å². The van der Waals surface area contributed by atoms with E-state index >= 15 is 0 Å². The SMILES string of the molecule is CN(C)CCCN[C@H]1CCNC1. The molecular weight excluding hydrogens is 150 g/mol. The molecule has 1 heterocycles. The summed E-state index contributed by atoms with van der Waals surface area (Å²) in [7, 11) is 4.24. The molecular formula is C9H21N3. The molecule has 1 aliphatic rings. The Morgan fingerprint density at radius 3 is 2.92 bits per heavy atom. The van der Waals surface area contributed by atoms with Crippen LogP contribution < -0.4 is 10.6 Å². The molecule has 0 spiro atoms. The smallest absolute Gasteiger partial charge is 0.0204 e. The van der Waals surface area contributed by atoms with E-state index in [0.29, 0.717) is 0 Å². The fourth-order valence-corrected chi connectivity index (χ4v) is 1.53. The van der Waals surface area contributed by atoms with Gasteiger partial charge in [-0.3, -0.25) is 0 Å². The molecule has 12 heavy (non-hydrogen) atoms. The Bertz CT molecular complexity index is 108. The van der Waals surface area contributed by atoms with Gasteiger partial charge in [-0.05, 0) is 46.6 Å². The van der Waals surface area contributed by atoms with Crippen LogP contribution in [0.4, 0.5) is 0 Å². The van der Waals surface area contributed by atoms with Crippen molar-refractivity contribution in [3.63, 3.8) is 0 Å². The molecule has 1 fully saturated rings. The van der Waals surface area contributed by atoms with Gasteiger partial charge in [-0.25, -0.2) is 0 Å². The predicted molar refractivity (Wildman–Crippen MR) is 52.4 cm³/mol. The van der Waals surface area contributed by atoms with Crippen LogP contribution in [0.5, 0.6) is 0 Å². The molecule has 0 radical (unpaired) electrons. The third-order valence-corrected chi connectivity index (χ3v) is 2.28. The van der Waals surface area contributed by atoms with Gasteiger partial charge in [-0.2, -0.15) is 0 Å². The van der Waals surface area contributed by atoms with Crippen LogP contribution in [0, 0.1) is 0 Å². The maximum atomic E-state index is 3.55. The maximum Gasteiger partial charge on any atom is 0.0204 e. The van der Waals surface area contributed by atoms with E-state index in [9.17, 15) is 0 Å². The van der Waals surface area contributed by atoms with E-state index in [2.05, 4.69) is 29.6 Å². The molecule has 0 aliphatic carbocycles. The quantitative estimate of drug-likeness (QED) is 0.565. The van der Waals surface area contributed by atoms with Crippen LogP contribution in [0.15, 0.2) is 0 Å². The Kier molecular flexibility index (Phi) is 4.58. The molecule has 3 nitrogen and oxygen atoms in total. The average molecular weight is 171 g/mol. The van der Waals surface area contributed by atoms with Crippen molar-refractivity contribution in [3.8, 4) is 0 Å². The number of rotatable bonds is 5. The molecule has 72 valence electrons. The van der Waals surface area contributed by atoms with Crippen LogP contribution in [0.25, 0.3) is 0 Å². The zero-order chi connectivity index (χ0) is 8.81. The van der Waals surface area contributed by atoms with Gasteiger partial charge >= 0.3 is 0 Å². The van der Waals surface area contributed by atoms with E-state index in [4.69, 9.17) is 0 Å². The third kappa shape index (κ3) is 4.04. The predicted octanol–water partition coefficient (Wildman–Crippen LogP) is -0.110. The van der Waals surface area contributed by atoms with Gasteiger partial charge < -0.3 is 15.5 Å². The van der Waals surface area contributed by atoms with E-state index in [1.54, 1.807) is 0 Å². The minimum atomic E-state index is 0.729. The van der Waals surface area contributed by atoms with Gasteiger partial charge in [-0.15, -0.1) is 0 Å². The van der Waals surface area contributed by atoms with Crippen molar-refractivity contribution in [1.29, 1.82) is 0 Å². The first-order chi connectivity index (χ1) is 5.79. The zero-order valence-electron chi connectivity index (χ0n) is 8.27. The number of hydrogen-bond acceptors (Lipinski definition) is 3. The summed E-state index contributed by atoms with van der Waals surface area (Å²) in [6.07, 6.45) is 2.55. The second-order valence-electron chi connectivity index (χ2n) is 3.80. The summed E-state index contributed by atoms with van der Waals surface area (Å²) in [4.78, 5) is 2.23. The Hall–Kier alpha value is -0.120. The van der Waals surface area contributed by atoms with Gasteiger partial charge in [0, 0.05) is 12.6 Å². The van der Waals surface area contributed by atoms with Gasteiger partial charge in [0.05, 0.1) is 0 Å². The Balaban J connectivity index is 1.88. The van der Waals surface area contributed by atoms with Gasteiger partial charge in [0.15, 0.2) is 0 Å². The lowest BCUT2D eigenvalue weighted by molar-refractivity contribution is 0.388. The topological polar surface area (TPSA) is 27.3 Å². The van der Waals surface area contributed by atoms with Crippen LogP contribution in [0.2, 0.25) is 0 Å². The highest BCUT2D eigenvalue weighted by Crippen LogP contribution is 1.96. The van der Waals surface area contributed by atoms with E-state index in [1.165, 1.54) is 25.9 Å². The molecule has 0 aromatic carbocycles. The fourth-order valence-electron chi connectivity index (χ4n) is 1.53. The average Bonchev–Trinajstić information content (AvgIpc) is 2.49. The molecule has 1 atom stereocenters. The van der Waals surface area contributed by atoms with Crippen LogP contribution in [0.1, 0.15) is 12.8 Å². The standard InChI is InChI=1S/C9H21N3/c1-12(2)7-3-5-11-9-4-6-10-8-9/h9-11H,3-8H2,1-2H3/t9-/m0/s1. The largest absolute Gasteiger partial charge is 0.315 e. The first-order valence-electron chi connectivity index (χ1n) is 4.88. The Morgan fingerprint density at radius 1 is 1.50 bits per heavy atom. The molecule has 0 unspecified atom stereocenters. The molecule has 0 saturated carbocycles. The molecule has 1 saturated heterocycles. The summed E-state index contributed by atoms with van der Waals surface area (Å²) >= 11 is 0. The minimum Gasteiger partial charge on any atom is -0.315 e. The normalized spacial score (nSPS) is 23.8. The first kappa shape index (κ1) is 9.96. The lowest BCUT2D eigenvalue weighted by Crippen LogP contribution is -2.32. The van der Waals surface area contributed by atoms with E-state index < -0.39 is 0 Å². The minimum absolute atomic E-state index is 0.729. The van der Waals surface area contributed by atoms with Crippen molar-refractivity contribution in [2.45, 2.75) is 18.9 Å². The zero-order valence-corrected chi connectivity index (χ0v) is 8.27. The molecule has 2 N–H and O–H groups in total. The van der Waals surface area contributed by atoms with Crippen molar-refractivity contribution in [1.82, 2.24) is 15.5 Å². The lowest BCUT2D eigenvalue weighted by Gasteiger charge is -2.13. The van der Waals surface area contributed by atoms with Crippen LogP contribution in [-0.2, 0) is 0 Å². The number of nitrogens with one attached hydrogen (secondary N) is 2.